The van der Waals surface area contributed by atoms with Gasteiger partial charge in [0.2, 0.25) is 0 Å². The summed E-state index contributed by atoms with van der Waals surface area (Å²) in [4.78, 5) is 48.3. The molecule has 8 nitrogen and oxygen atoms in total. The summed E-state index contributed by atoms with van der Waals surface area (Å²) < 4.78 is 21.4. The summed E-state index contributed by atoms with van der Waals surface area (Å²) in [5.74, 6) is -1.16. The summed E-state index contributed by atoms with van der Waals surface area (Å²) in [5.41, 5.74) is 3.30. The Balaban J connectivity index is 1.92. The van der Waals surface area contributed by atoms with Crippen molar-refractivity contribution in [2.45, 2.75) is 40.0 Å². The maximum absolute atomic E-state index is 13.0. The first kappa shape index (κ1) is 29.8. The first-order valence-electron chi connectivity index (χ1n) is 12.7. The first-order valence-corrected chi connectivity index (χ1v) is 12.7. The topological polar surface area (TPSA) is 109 Å². The minimum Gasteiger partial charge on any atom is -0.462 e. The van der Waals surface area contributed by atoms with E-state index in [0.717, 1.165) is 5.56 Å². The third-order valence-corrected chi connectivity index (χ3v) is 5.84. The number of rotatable bonds is 12. The van der Waals surface area contributed by atoms with Crippen LogP contribution in [0.1, 0.15) is 38.3 Å². The lowest BCUT2D eigenvalue weighted by atomic mass is 9.99. The summed E-state index contributed by atoms with van der Waals surface area (Å²) in [7, 11) is 0. The molecule has 0 bridgehead atoms. The summed E-state index contributed by atoms with van der Waals surface area (Å²) in [5, 5.41) is 0.685. The second kappa shape index (κ2) is 13.4. The molecule has 0 aliphatic rings. The van der Waals surface area contributed by atoms with Crippen molar-refractivity contribution in [3.63, 3.8) is 0 Å². The summed E-state index contributed by atoms with van der Waals surface area (Å²) in [6.07, 6.45) is 1.48. The number of esters is 3. The highest BCUT2D eigenvalue weighted by Gasteiger charge is 2.15. The number of fused-ring (bicyclic) bond motifs is 1. The van der Waals surface area contributed by atoms with Crippen molar-refractivity contribution in [3.8, 4) is 16.9 Å². The van der Waals surface area contributed by atoms with Gasteiger partial charge in [0.05, 0.1) is 18.8 Å². The van der Waals surface area contributed by atoms with Crippen LogP contribution in [0.25, 0.3) is 22.1 Å². The van der Waals surface area contributed by atoms with Crippen molar-refractivity contribution >= 4 is 28.9 Å². The molecule has 0 amide bonds. The molecule has 3 aromatic rings. The van der Waals surface area contributed by atoms with Gasteiger partial charge in [-0.05, 0) is 74.6 Å². The lowest BCUT2D eigenvalue weighted by Gasteiger charge is -2.12. The number of ether oxygens (including phenoxy) is 3. The molecule has 1 aromatic heterocycles. The van der Waals surface area contributed by atoms with E-state index in [-0.39, 0.29) is 18.8 Å². The predicted molar refractivity (Wildman–Crippen MR) is 152 cm³/mol. The minimum absolute atomic E-state index is 0.0797. The fourth-order valence-electron chi connectivity index (χ4n) is 3.74. The predicted octanol–water partition coefficient (Wildman–Crippen LogP) is 5.66. The zero-order chi connectivity index (χ0) is 29.4. The van der Waals surface area contributed by atoms with E-state index in [1.54, 1.807) is 51.1 Å². The Morgan fingerprint density at radius 2 is 1.38 bits per heavy atom. The summed E-state index contributed by atoms with van der Waals surface area (Å²) >= 11 is 0. The van der Waals surface area contributed by atoms with Crippen LogP contribution < -0.4 is 10.4 Å². The molecular formula is C32H32O8. The van der Waals surface area contributed by atoms with E-state index in [0.29, 0.717) is 63.8 Å². The average Bonchev–Trinajstić information content (AvgIpc) is 2.91. The number of aryl methyl sites for hydroxylation is 1. The number of hydrogen-bond acceptors (Lipinski definition) is 8. The molecule has 0 atom stereocenters. The molecule has 0 aliphatic heterocycles. The zero-order valence-electron chi connectivity index (χ0n) is 23.0. The molecule has 0 saturated heterocycles. The van der Waals surface area contributed by atoms with Crippen LogP contribution in [0.15, 0.2) is 88.1 Å². The van der Waals surface area contributed by atoms with Crippen molar-refractivity contribution in [2.75, 3.05) is 13.2 Å². The van der Waals surface area contributed by atoms with Crippen LogP contribution >= 0.6 is 0 Å². The third-order valence-electron chi connectivity index (χ3n) is 5.84. The quantitative estimate of drug-likeness (QED) is 0.0945. The van der Waals surface area contributed by atoms with E-state index in [2.05, 4.69) is 19.7 Å². The Kier molecular flexibility index (Phi) is 9.97. The number of hydrogen-bond donors (Lipinski definition) is 0. The maximum atomic E-state index is 13.0. The van der Waals surface area contributed by atoms with Gasteiger partial charge < -0.3 is 18.6 Å². The van der Waals surface area contributed by atoms with E-state index >= 15 is 0 Å². The molecule has 0 saturated carbocycles. The summed E-state index contributed by atoms with van der Waals surface area (Å²) in [6, 6.07) is 12.0. The van der Waals surface area contributed by atoms with Crippen molar-refractivity contribution in [1.82, 2.24) is 0 Å². The highest BCUT2D eigenvalue weighted by atomic mass is 16.5. The van der Waals surface area contributed by atoms with Gasteiger partial charge in [0.25, 0.3) is 0 Å². The smallest absolute Gasteiger partial charge is 0.344 e. The molecule has 0 fully saturated rings. The zero-order valence-corrected chi connectivity index (χ0v) is 23.0. The Morgan fingerprint density at radius 3 is 1.98 bits per heavy atom. The van der Waals surface area contributed by atoms with Gasteiger partial charge in [0.15, 0.2) is 0 Å². The van der Waals surface area contributed by atoms with Crippen molar-refractivity contribution in [3.05, 3.63) is 100 Å². The monoisotopic (exact) mass is 544 g/mol. The molecule has 0 N–H and O–H groups in total. The molecule has 40 heavy (non-hydrogen) atoms. The second-order valence-corrected chi connectivity index (χ2v) is 9.50. The van der Waals surface area contributed by atoms with Crippen LogP contribution in [-0.4, -0.2) is 31.1 Å². The van der Waals surface area contributed by atoms with E-state index < -0.39 is 23.5 Å². The summed E-state index contributed by atoms with van der Waals surface area (Å²) in [6.45, 7) is 15.7. The average molecular weight is 545 g/mol. The largest absolute Gasteiger partial charge is 0.462 e. The normalized spacial score (nSPS) is 10.6. The van der Waals surface area contributed by atoms with Crippen molar-refractivity contribution < 1.29 is 33.0 Å². The molecule has 0 unspecified atom stereocenters. The van der Waals surface area contributed by atoms with Gasteiger partial charge >= 0.3 is 23.5 Å². The van der Waals surface area contributed by atoms with Crippen molar-refractivity contribution in [2.24, 2.45) is 0 Å². The molecule has 208 valence electrons. The Labute approximate surface area is 232 Å². The maximum Gasteiger partial charge on any atom is 0.344 e. The van der Waals surface area contributed by atoms with Crippen LogP contribution in [0.3, 0.4) is 0 Å². The number of carbonyl (C=O) groups excluding carboxylic acids is 3. The van der Waals surface area contributed by atoms with Crippen LogP contribution in [0.5, 0.6) is 5.75 Å². The van der Waals surface area contributed by atoms with Gasteiger partial charge in [-0.25, -0.2) is 19.2 Å². The van der Waals surface area contributed by atoms with E-state index in [1.807, 2.05) is 12.1 Å². The highest BCUT2D eigenvalue weighted by Crippen LogP contribution is 2.27. The van der Waals surface area contributed by atoms with Gasteiger partial charge in [0.1, 0.15) is 11.3 Å². The van der Waals surface area contributed by atoms with Crippen molar-refractivity contribution in [1.29, 1.82) is 0 Å². The Hall–Kier alpha value is -4.72. The molecular weight excluding hydrogens is 512 g/mol. The molecule has 0 aliphatic carbocycles. The fraction of sp³-hybridized carbons (Fsp3) is 0.250. The number of benzene rings is 2. The van der Waals surface area contributed by atoms with Crippen LogP contribution in [-0.2, 0) is 36.7 Å². The Bertz CT molecular complexity index is 1540. The molecule has 0 radical (unpaired) electrons. The third kappa shape index (κ3) is 7.89. The van der Waals surface area contributed by atoms with Crippen LogP contribution in [0, 0.1) is 0 Å². The standard InChI is InChI=1S/C32H32O8/c1-19(2)29(33)37-14-7-8-22-16-24(13-15-38-30(34)20(3)4)28-25(17-22)18-27(32(36)40-28)23-9-11-26(12-10-23)39-31(35)21(5)6/h9-12,16-18H,1,3,5,7-8,13-15H2,2,4,6H3. The fourth-order valence-corrected chi connectivity index (χ4v) is 3.74. The lowest BCUT2D eigenvalue weighted by Crippen LogP contribution is -2.10. The number of carbonyl (C=O) groups is 3. The van der Waals surface area contributed by atoms with Gasteiger partial charge in [-0.15, -0.1) is 0 Å². The molecule has 3 rings (SSSR count). The SMILES string of the molecule is C=C(C)C(=O)OCCCc1cc(CCOC(=O)C(=C)C)c2oc(=O)c(-c3ccc(OC(=O)C(=C)C)cc3)cc2c1. The Morgan fingerprint density at radius 1 is 0.775 bits per heavy atom. The van der Waals surface area contributed by atoms with E-state index in [9.17, 15) is 19.2 Å². The van der Waals surface area contributed by atoms with Gasteiger partial charge in [-0.2, -0.15) is 0 Å². The molecule has 8 heteroatoms. The van der Waals surface area contributed by atoms with Crippen LogP contribution in [0.2, 0.25) is 0 Å². The highest BCUT2D eigenvalue weighted by molar-refractivity contribution is 5.89. The van der Waals surface area contributed by atoms with E-state index in [1.165, 1.54) is 0 Å². The second-order valence-electron chi connectivity index (χ2n) is 9.50. The van der Waals surface area contributed by atoms with Gasteiger partial charge in [-0.1, -0.05) is 37.9 Å². The van der Waals surface area contributed by atoms with Crippen LogP contribution in [0.4, 0.5) is 0 Å². The van der Waals surface area contributed by atoms with Gasteiger partial charge in [-0.3, -0.25) is 0 Å². The molecule has 1 heterocycles. The molecule has 2 aromatic carbocycles. The molecule has 0 spiro atoms. The lowest BCUT2D eigenvalue weighted by molar-refractivity contribution is -0.139. The first-order chi connectivity index (χ1) is 19.0. The van der Waals surface area contributed by atoms with E-state index in [4.69, 9.17) is 18.6 Å². The minimum atomic E-state index is -0.543. The van der Waals surface area contributed by atoms with Gasteiger partial charge in [0, 0.05) is 28.5 Å².